The van der Waals surface area contributed by atoms with Crippen LogP contribution < -0.4 is 0 Å². The highest BCUT2D eigenvalue weighted by atomic mass is 79.9. The molecule has 0 bridgehead atoms. The Bertz CT molecular complexity index is 267. The van der Waals surface area contributed by atoms with E-state index < -0.39 is 5.60 Å². The molecule has 1 fully saturated rings. The molecule has 1 N–H and O–H groups in total. The number of carbonyl (C=O) groups is 1. The Morgan fingerprint density at radius 1 is 1.47 bits per heavy atom. The number of amides is 1. The Balaban J connectivity index is 2.45. The van der Waals surface area contributed by atoms with E-state index in [9.17, 15) is 4.79 Å². The highest BCUT2D eigenvalue weighted by molar-refractivity contribution is 9.09. The fourth-order valence-corrected chi connectivity index (χ4v) is 2.24. The highest BCUT2D eigenvalue weighted by Gasteiger charge is 2.36. The van der Waals surface area contributed by atoms with Crippen molar-refractivity contribution in [3.05, 3.63) is 0 Å². The lowest BCUT2D eigenvalue weighted by Crippen LogP contribution is -2.36. The lowest BCUT2D eigenvalue weighted by Gasteiger charge is -2.24. The second-order valence-electron chi connectivity index (χ2n) is 5.03. The molecule has 0 spiro atoms. The van der Waals surface area contributed by atoms with Gasteiger partial charge in [0.2, 0.25) is 0 Å². The molecule has 2 atom stereocenters. The Labute approximate surface area is 110 Å². The van der Waals surface area contributed by atoms with E-state index in [1.807, 2.05) is 20.8 Å². The van der Waals surface area contributed by atoms with Crippen LogP contribution >= 0.6 is 15.9 Å². The first-order valence-electron chi connectivity index (χ1n) is 5.68. The van der Waals surface area contributed by atoms with Crippen LogP contribution in [0.4, 0.5) is 4.79 Å². The number of halogens is 1. The summed E-state index contributed by atoms with van der Waals surface area (Å²) in [4.78, 5) is 13.5. The lowest BCUT2D eigenvalue weighted by atomic mass is 10.2. The molecule has 0 aromatic rings. The Morgan fingerprint density at radius 2 is 2.12 bits per heavy atom. The summed E-state index contributed by atoms with van der Waals surface area (Å²) in [5, 5.41) is 8.70. The second kappa shape index (κ2) is 6.02. The van der Waals surface area contributed by atoms with Crippen LogP contribution in [-0.4, -0.2) is 58.9 Å². The van der Waals surface area contributed by atoms with E-state index in [1.54, 1.807) is 4.90 Å². The van der Waals surface area contributed by atoms with Crippen molar-refractivity contribution in [1.29, 1.82) is 0 Å². The zero-order valence-electron chi connectivity index (χ0n) is 10.5. The van der Waals surface area contributed by atoms with Gasteiger partial charge in [0, 0.05) is 6.54 Å². The third kappa shape index (κ3) is 4.81. The number of carbonyl (C=O) groups excluding carboxylic acids is 1. The van der Waals surface area contributed by atoms with Gasteiger partial charge in [-0.2, -0.15) is 0 Å². The van der Waals surface area contributed by atoms with Crippen molar-refractivity contribution in [2.24, 2.45) is 0 Å². The minimum absolute atomic E-state index is 0.0113. The van der Waals surface area contributed by atoms with E-state index in [0.717, 1.165) is 0 Å². The summed E-state index contributed by atoms with van der Waals surface area (Å²) in [7, 11) is 0. The van der Waals surface area contributed by atoms with Crippen molar-refractivity contribution < 1.29 is 19.4 Å². The van der Waals surface area contributed by atoms with Crippen molar-refractivity contribution in [1.82, 2.24) is 4.90 Å². The average Bonchev–Trinajstić information content (AvgIpc) is 2.54. The maximum absolute atomic E-state index is 11.8. The van der Waals surface area contributed by atoms with Crippen LogP contribution in [0.25, 0.3) is 0 Å². The fourth-order valence-electron chi connectivity index (χ4n) is 1.57. The zero-order chi connectivity index (χ0) is 13.1. The van der Waals surface area contributed by atoms with Gasteiger partial charge in [-0.15, -0.1) is 0 Å². The highest BCUT2D eigenvalue weighted by Crippen LogP contribution is 2.22. The quantitative estimate of drug-likeness (QED) is 0.800. The Hall–Kier alpha value is -0.330. The Kier molecular flexibility index (Phi) is 5.22. The number of aliphatic hydroxyl groups is 1. The molecule has 5 nitrogen and oxygen atoms in total. The van der Waals surface area contributed by atoms with Crippen molar-refractivity contribution in [2.45, 2.75) is 37.3 Å². The first-order chi connectivity index (χ1) is 7.83. The maximum atomic E-state index is 11.8. The first kappa shape index (κ1) is 14.7. The van der Waals surface area contributed by atoms with Crippen molar-refractivity contribution in [3.8, 4) is 0 Å². The third-order valence-electron chi connectivity index (χ3n) is 2.27. The van der Waals surface area contributed by atoms with Crippen LogP contribution in [-0.2, 0) is 9.47 Å². The molecule has 0 aromatic heterocycles. The monoisotopic (exact) mass is 309 g/mol. The predicted octanol–water partition coefficient (Wildman–Crippen LogP) is 1.38. The van der Waals surface area contributed by atoms with Gasteiger partial charge >= 0.3 is 6.09 Å². The number of ether oxygens (including phenoxy) is 2. The fraction of sp³-hybridized carbons (Fsp3) is 0.909. The molecule has 1 heterocycles. The van der Waals surface area contributed by atoms with Gasteiger partial charge in [-0.05, 0) is 20.8 Å². The molecule has 0 aromatic carbocycles. The molecule has 0 aliphatic carbocycles. The van der Waals surface area contributed by atoms with Crippen molar-refractivity contribution in [3.63, 3.8) is 0 Å². The van der Waals surface area contributed by atoms with E-state index in [0.29, 0.717) is 13.1 Å². The summed E-state index contributed by atoms with van der Waals surface area (Å²) < 4.78 is 10.7. The number of alkyl halides is 1. The summed E-state index contributed by atoms with van der Waals surface area (Å²) in [6, 6.07) is 0. The van der Waals surface area contributed by atoms with E-state index >= 15 is 0 Å². The zero-order valence-corrected chi connectivity index (χ0v) is 12.1. The minimum Gasteiger partial charge on any atom is -0.444 e. The summed E-state index contributed by atoms with van der Waals surface area (Å²) in [5.41, 5.74) is -0.483. The summed E-state index contributed by atoms with van der Waals surface area (Å²) in [6.45, 7) is 6.85. The number of likely N-dealkylation sites (tertiary alicyclic amines) is 1. The summed E-state index contributed by atoms with van der Waals surface area (Å²) in [6.07, 6.45) is -0.410. The van der Waals surface area contributed by atoms with Gasteiger partial charge < -0.3 is 19.5 Å². The molecular weight excluding hydrogens is 290 g/mol. The molecular formula is C11H20BrNO4. The average molecular weight is 310 g/mol. The maximum Gasteiger partial charge on any atom is 0.410 e. The van der Waals surface area contributed by atoms with Crippen molar-refractivity contribution in [2.75, 3.05) is 26.3 Å². The number of aliphatic hydroxyl groups excluding tert-OH is 1. The summed E-state index contributed by atoms with van der Waals surface area (Å²) >= 11 is 3.47. The molecule has 1 amide bonds. The van der Waals surface area contributed by atoms with Gasteiger partial charge in [-0.1, -0.05) is 15.9 Å². The van der Waals surface area contributed by atoms with E-state index in [-0.39, 0.29) is 30.2 Å². The number of hydrogen-bond donors (Lipinski definition) is 1. The topological polar surface area (TPSA) is 59.0 Å². The van der Waals surface area contributed by atoms with Crippen LogP contribution in [0.3, 0.4) is 0 Å². The van der Waals surface area contributed by atoms with Crippen LogP contribution in [0.1, 0.15) is 20.8 Å². The number of rotatable bonds is 3. The number of nitrogens with zero attached hydrogens (tertiary/aromatic N) is 1. The standard InChI is InChI=1S/C11H20BrNO4/c1-11(2,3)17-10(15)13-6-8(12)9(7-13)16-5-4-14/h8-9,14H,4-7H2,1-3H3/t8-,9-/m0/s1. The van der Waals surface area contributed by atoms with E-state index in [1.165, 1.54) is 0 Å². The minimum atomic E-state index is -0.483. The largest absolute Gasteiger partial charge is 0.444 e. The van der Waals surface area contributed by atoms with Gasteiger partial charge in [-0.3, -0.25) is 0 Å². The molecule has 100 valence electrons. The van der Waals surface area contributed by atoms with Crippen LogP contribution in [0.2, 0.25) is 0 Å². The van der Waals surface area contributed by atoms with Gasteiger partial charge in [0.15, 0.2) is 0 Å². The van der Waals surface area contributed by atoms with Crippen molar-refractivity contribution >= 4 is 22.0 Å². The van der Waals surface area contributed by atoms with Gasteiger partial charge in [0.25, 0.3) is 0 Å². The van der Waals surface area contributed by atoms with Crippen LogP contribution in [0, 0.1) is 0 Å². The van der Waals surface area contributed by atoms with Crippen LogP contribution in [0.5, 0.6) is 0 Å². The smallest absolute Gasteiger partial charge is 0.410 e. The SMILES string of the molecule is CC(C)(C)OC(=O)N1C[C@H](OCCO)[C@@H](Br)C1. The van der Waals surface area contributed by atoms with Gasteiger partial charge in [0.1, 0.15) is 5.60 Å². The molecule has 6 heteroatoms. The normalized spacial score (nSPS) is 25.1. The molecule has 1 aliphatic heterocycles. The third-order valence-corrected chi connectivity index (χ3v) is 3.15. The van der Waals surface area contributed by atoms with Crippen LogP contribution in [0.15, 0.2) is 0 Å². The molecule has 1 aliphatic rings. The molecule has 17 heavy (non-hydrogen) atoms. The summed E-state index contributed by atoms with van der Waals surface area (Å²) in [5.74, 6) is 0. The molecule has 1 saturated heterocycles. The Morgan fingerprint density at radius 3 is 2.65 bits per heavy atom. The molecule has 0 radical (unpaired) electrons. The van der Waals surface area contributed by atoms with E-state index in [4.69, 9.17) is 14.6 Å². The lowest BCUT2D eigenvalue weighted by molar-refractivity contribution is 0.0163. The van der Waals surface area contributed by atoms with E-state index in [2.05, 4.69) is 15.9 Å². The van der Waals surface area contributed by atoms with Gasteiger partial charge in [0.05, 0.1) is 30.7 Å². The predicted molar refractivity (Wildman–Crippen MR) is 67.3 cm³/mol. The first-order valence-corrected chi connectivity index (χ1v) is 6.59. The molecule has 1 rings (SSSR count). The number of hydrogen-bond acceptors (Lipinski definition) is 4. The second-order valence-corrected chi connectivity index (χ2v) is 6.21. The van der Waals surface area contributed by atoms with Gasteiger partial charge in [-0.25, -0.2) is 4.79 Å². The molecule has 0 saturated carbocycles. The molecule has 0 unspecified atom stereocenters.